The van der Waals surface area contributed by atoms with Gasteiger partial charge in [0.05, 0.1) is 17.6 Å². The number of halogens is 1. The maximum absolute atomic E-state index is 13.3. The first-order valence-corrected chi connectivity index (χ1v) is 14.7. The van der Waals surface area contributed by atoms with Gasteiger partial charge >= 0.3 is 0 Å². The molecule has 0 heterocycles. The SMILES string of the molecule is CCCN([C@H]1CC[C@H](OCCCCCCN(C)CCOC)CC1)S(=O)(=O)c1ccc(Br)cc1. The first-order valence-electron chi connectivity index (χ1n) is 12.4. The van der Waals surface area contributed by atoms with Crippen molar-refractivity contribution >= 4 is 26.0 Å². The Morgan fingerprint density at radius 1 is 0.939 bits per heavy atom. The van der Waals surface area contributed by atoms with Gasteiger partial charge in [0, 0.05) is 37.3 Å². The van der Waals surface area contributed by atoms with Crippen LogP contribution in [0.25, 0.3) is 0 Å². The minimum absolute atomic E-state index is 0.0635. The Morgan fingerprint density at radius 2 is 1.61 bits per heavy atom. The number of hydrogen-bond donors (Lipinski definition) is 0. The van der Waals surface area contributed by atoms with E-state index in [1.165, 1.54) is 19.3 Å². The Bertz CT molecular complexity index is 752. The zero-order valence-corrected chi connectivity index (χ0v) is 23.1. The number of benzene rings is 1. The molecule has 0 aromatic heterocycles. The van der Waals surface area contributed by atoms with Crippen LogP contribution in [0.1, 0.15) is 64.7 Å². The summed E-state index contributed by atoms with van der Waals surface area (Å²) < 4.78 is 40.4. The molecule has 1 aromatic carbocycles. The molecule has 0 bridgehead atoms. The molecule has 0 atom stereocenters. The Balaban J connectivity index is 1.69. The monoisotopic (exact) mass is 546 g/mol. The Kier molecular flexibility index (Phi) is 13.5. The highest BCUT2D eigenvalue weighted by atomic mass is 79.9. The van der Waals surface area contributed by atoms with Gasteiger partial charge in [-0.2, -0.15) is 4.31 Å². The fourth-order valence-corrected chi connectivity index (χ4v) is 6.45. The van der Waals surface area contributed by atoms with Crippen LogP contribution in [0.15, 0.2) is 33.6 Å². The molecule has 0 aliphatic heterocycles. The summed E-state index contributed by atoms with van der Waals surface area (Å²) >= 11 is 3.39. The van der Waals surface area contributed by atoms with E-state index in [4.69, 9.17) is 9.47 Å². The van der Waals surface area contributed by atoms with Crippen LogP contribution in [0.5, 0.6) is 0 Å². The van der Waals surface area contributed by atoms with E-state index in [1.54, 1.807) is 35.7 Å². The predicted molar refractivity (Wildman–Crippen MR) is 138 cm³/mol. The van der Waals surface area contributed by atoms with E-state index in [2.05, 4.69) is 27.9 Å². The molecule has 2 rings (SSSR count). The number of methoxy groups -OCH3 is 1. The molecule has 0 N–H and O–H groups in total. The molecule has 0 radical (unpaired) electrons. The highest BCUT2D eigenvalue weighted by Crippen LogP contribution is 2.30. The van der Waals surface area contributed by atoms with Crippen molar-refractivity contribution in [1.82, 2.24) is 9.21 Å². The summed E-state index contributed by atoms with van der Waals surface area (Å²) in [5.41, 5.74) is 0. The van der Waals surface area contributed by atoms with E-state index in [-0.39, 0.29) is 12.1 Å². The lowest BCUT2D eigenvalue weighted by atomic mass is 9.93. The van der Waals surface area contributed by atoms with Crippen LogP contribution in [-0.2, 0) is 19.5 Å². The molecule has 1 fully saturated rings. The second kappa shape index (κ2) is 15.5. The van der Waals surface area contributed by atoms with Crippen molar-refractivity contribution in [1.29, 1.82) is 0 Å². The maximum atomic E-state index is 13.3. The van der Waals surface area contributed by atoms with Crippen molar-refractivity contribution in [3.05, 3.63) is 28.7 Å². The average molecular weight is 548 g/mol. The zero-order chi connectivity index (χ0) is 24.1. The van der Waals surface area contributed by atoms with Gasteiger partial charge in [-0.1, -0.05) is 35.7 Å². The third kappa shape index (κ3) is 9.94. The largest absolute Gasteiger partial charge is 0.383 e. The lowest BCUT2D eigenvalue weighted by Gasteiger charge is -2.36. The summed E-state index contributed by atoms with van der Waals surface area (Å²) in [4.78, 5) is 2.69. The molecular weight excluding hydrogens is 504 g/mol. The number of rotatable bonds is 16. The van der Waals surface area contributed by atoms with Crippen molar-refractivity contribution < 1.29 is 17.9 Å². The van der Waals surface area contributed by atoms with Crippen molar-refractivity contribution in [2.75, 3.05) is 47.0 Å². The molecule has 1 aromatic rings. The fourth-order valence-electron chi connectivity index (χ4n) is 4.41. The molecule has 1 saturated carbocycles. The van der Waals surface area contributed by atoms with Crippen LogP contribution in [0.2, 0.25) is 0 Å². The van der Waals surface area contributed by atoms with Crippen molar-refractivity contribution in [2.45, 2.75) is 81.8 Å². The Labute approximate surface area is 210 Å². The highest BCUT2D eigenvalue weighted by molar-refractivity contribution is 9.10. The number of nitrogens with zero attached hydrogens (tertiary/aromatic N) is 2. The normalized spacial score (nSPS) is 19.5. The number of unbranched alkanes of at least 4 members (excludes halogenated alkanes) is 3. The second-order valence-corrected chi connectivity index (χ2v) is 11.9. The van der Waals surface area contributed by atoms with Gasteiger partial charge < -0.3 is 14.4 Å². The highest BCUT2D eigenvalue weighted by Gasteiger charge is 2.33. The van der Waals surface area contributed by atoms with E-state index in [9.17, 15) is 8.42 Å². The molecule has 0 saturated heterocycles. The van der Waals surface area contributed by atoms with Crippen molar-refractivity contribution in [2.24, 2.45) is 0 Å². The molecular formula is C25H43BrN2O4S. The summed E-state index contributed by atoms with van der Waals surface area (Å²) in [5.74, 6) is 0. The first kappa shape index (κ1) is 28.7. The van der Waals surface area contributed by atoms with Crippen molar-refractivity contribution in [3.8, 4) is 0 Å². The van der Waals surface area contributed by atoms with E-state index in [0.717, 1.165) is 69.3 Å². The lowest BCUT2D eigenvalue weighted by Crippen LogP contribution is -2.43. The van der Waals surface area contributed by atoms with Gasteiger partial charge in [0.15, 0.2) is 0 Å². The molecule has 6 nitrogen and oxygen atoms in total. The first-order chi connectivity index (χ1) is 15.9. The van der Waals surface area contributed by atoms with Gasteiger partial charge in [-0.05, 0) is 82.8 Å². The summed E-state index contributed by atoms with van der Waals surface area (Å²) in [6.45, 7) is 6.31. The zero-order valence-electron chi connectivity index (χ0n) is 20.7. The number of sulfonamides is 1. The molecule has 190 valence electrons. The van der Waals surface area contributed by atoms with E-state index >= 15 is 0 Å². The third-order valence-corrected chi connectivity index (χ3v) is 8.87. The summed E-state index contributed by atoms with van der Waals surface area (Å²) in [6.07, 6.45) is 9.43. The third-order valence-electron chi connectivity index (χ3n) is 6.38. The van der Waals surface area contributed by atoms with E-state index < -0.39 is 10.0 Å². The molecule has 1 aliphatic rings. The summed E-state index contributed by atoms with van der Waals surface area (Å²) in [7, 11) is 0.409. The van der Waals surface area contributed by atoms with Gasteiger partial charge in [0.2, 0.25) is 10.0 Å². The van der Waals surface area contributed by atoms with Gasteiger partial charge in [-0.15, -0.1) is 0 Å². The minimum Gasteiger partial charge on any atom is -0.383 e. The average Bonchev–Trinajstić information content (AvgIpc) is 2.81. The standard InChI is InChI=1S/C25H43BrN2O4S/c1-4-17-28(33(29,30)25-15-9-22(26)10-16-25)23-11-13-24(14-12-23)32-20-8-6-5-7-18-27(2)19-21-31-3/h9-10,15-16,23-24H,4-8,11-14,17-21H2,1-3H3/t23-,24-. The Hall–Kier alpha value is -0.510. The smallest absolute Gasteiger partial charge is 0.243 e. The molecule has 1 aliphatic carbocycles. The number of likely N-dealkylation sites (N-methyl/N-ethyl adjacent to an activating group) is 1. The minimum atomic E-state index is -3.48. The maximum Gasteiger partial charge on any atom is 0.243 e. The van der Waals surface area contributed by atoms with Crippen LogP contribution >= 0.6 is 15.9 Å². The van der Waals surface area contributed by atoms with Crippen molar-refractivity contribution in [3.63, 3.8) is 0 Å². The predicted octanol–water partition coefficient (Wildman–Crippen LogP) is 5.32. The van der Waals surface area contributed by atoms with Gasteiger partial charge in [-0.25, -0.2) is 8.42 Å². The molecule has 0 amide bonds. The van der Waals surface area contributed by atoms with E-state index in [1.807, 2.05) is 6.92 Å². The quantitative estimate of drug-likeness (QED) is 0.263. The molecule has 8 heteroatoms. The van der Waals surface area contributed by atoms with Crippen LogP contribution in [0.4, 0.5) is 0 Å². The van der Waals surface area contributed by atoms with Crippen LogP contribution in [-0.4, -0.2) is 76.8 Å². The fraction of sp³-hybridized carbons (Fsp3) is 0.760. The van der Waals surface area contributed by atoms with Crippen LogP contribution in [0.3, 0.4) is 0 Å². The number of ether oxygens (including phenoxy) is 2. The van der Waals surface area contributed by atoms with Gasteiger partial charge in [0.25, 0.3) is 0 Å². The molecule has 0 spiro atoms. The molecule has 0 unspecified atom stereocenters. The second-order valence-electron chi connectivity index (χ2n) is 9.08. The van der Waals surface area contributed by atoms with E-state index in [0.29, 0.717) is 11.4 Å². The summed E-state index contributed by atoms with van der Waals surface area (Å²) in [6, 6.07) is 7.03. The number of hydrogen-bond acceptors (Lipinski definition) is 5. The Morgan fingerprint density at radius 3 is 2.24 bits per heavy atom. The van der Waals surface area contributed by atoms with Gasteiger partial charge in [0.1, 0.15) is 0 Å². The topological polar surface area (TPSA) is 59.1 Å². The van der Waals surface area contributed by atoms with Crippen LogP contribution < -0.4 is 0 Å². The van der Waals surface area contributed by atoms with Crippen LogP contribution in [0, 0.1) is 0 Å². The molecule has 33 heavy (non-hydrogen) atoms. The summed E-state index contributed by atoms with van der Waals surface area (Å²) in [5, 5.41) is 0. The lowest BCUT2D eigenvalue weighted by molar-refractivity contribution is 0.0141. The van der Waals surface area contributed by atoms with Gasteiger partial charge in [-0.3, -0.25) is 0 Å².